The summed E-state index contributed by atoms with van der Waals surface area (Å²) in [5.74, 6) is 1.25. The SMILES string of the molecule is CCNCC(CCS(=O)(=O)C(C)(C)C)C(C)C. The van der Waals surface area contributed by atoms with Gasteiger partial charge >= 0.3 is 0 Å². The molecule has 3 nitrogen and oxygen atoms in total. The average molecular weight is 263 g/mol. The zero-order chi connectivity index (χ0) is 13.7. The van der Waals surface area contributed by atoms with E-state index in [-0.39, 0.29) is 0 Å². The van der Waals surface area contributed by atoms with Gasteiger partial charge in [-0.15, -0.1) is 0 Å². The van der Waals surface area contributed by atoms with Crippen LogP contribution in [0.15, 0.2) is 0 Å². The number of rotatable bonds is 7. The van der Waals surface area contributed by atoms with Gasteiger partial charge in [-0.3, -0.25) is 0 Å². The Balaban J connectivity index is 4.41. The van der Waals surface area contributed by atoms with Crippen molar-refractivity contribution in [2.24, 2.45) is 11.8 Å². The van der Waals surface area contributed by atoms with Crippen LogP contribution in [0.4, 0.5) is 0 Å². The van der Waals surface area contributed by atoms with Gasteiger partial charge in [0, 0.05) is 0 Å². The van der Waals surface area contributed by atoms with Gasteiger partial charge in [-0.25, -0.2) is 8.42 Å². The Labute approximate surface area is 107 Å². The van der Waals surface area contributed by atoms with Crippen molar-refractivity contribution in [2.75, 3.05) is 18.8 Å². The van der Waals surface area contributed by atoms with E-state index in [1.165, 1.54) is 0 Å². The van der Waals surface area contributed by atoms with Gasteiger partial charge in [0.25, 0.3) is 0 Å². The van der Waals surface area contributed by atoms with Crippen molar-refractivity contribution in [3.05, 3.63) is 0 Å². The number of hydrogen-bond donors (Lipinski definition) is 1. The molecule has 0 fully saturated rings. The van der Waals surface area contributed by atoms with E-state index in [0.717, 1.165) is 19.5 Å². The first-order valence-electron chi connectivity index (χ1n) is 6.54. The Morgan fingerprint density at radius 1 is 1.18 bits per heavy atom. The zero-order valence-corrected chi connectivity index (χ0v) is 13.0. The Hall–Kier alpha value is -0.0900. The van der Waals surface area contributed by atoms with Crippen molar-refractivity contribution in [3.8, 4) is 0 Å². The predicted octanol–water partition coefficient (Wildman–Crippen LogP) is 2.47. The molecule has 0 aromatic rings. The molecule has 1 unspecified atom stereocenters. The van der Waals surface area contributed by atoms with Crippen LogP contribution in [-0.2, 0) is 9.84 Å². The van der Waals surface area contributed by atoms with Crippen molar-refractivity contribution in [3.63, 3.8) is 0 Å². The first kappa shape index (κ1) is 16.9. The summed E-state index contributed by atoms with van der Waals surface area (Å²) in [5, 5.41) is 3.31. The topological polar surface area (TPSA) is 46.2 Å². The van der Waals surface area contributed by atoms with Crippen LogP contribution >= 0.6 is 0 Å². The first-order chi connectivity index (χ1) is 7.62. The molecule has 0 amide bonds. The summed E-state index contributed by atoms with van der Waals surface area (Å²) < 4.78 is 23.4. The molecule has 0 saturated carbocycles. The predicted molar refractivity (Wildman–Crippen MR) is 75.0 cm³/mol. The Bertz CT molecular complexity index is 302. The molecule has 17 heavy (non-hydrogen) atoms. The van der Waals surface area contributed by atoms with E-state index in [1.54, 1.807) is 20.8 Å². The molecule has 4 heteroatoms. The van der Waals surface area contributed by atoms with Gasteiger partial charge in [0.2, 0.25) is 0 Å². The number of sulfone groups is 1. The van der Waals surface area contributed by atoms with Gasteiger partial charge in [-0.05, 0) is 52.1 Å². The fourth-order valence-electron chi connectivity index (χ4n) is 1.61. The summed E-state index contributed by atoms with van der Waals surface area (Å²) in [4.78, 5) is 0. The molecule has 0 rings (SSSR count). The van der Waals surface area contributed by atoms with E-state index in [0.29, 0.717) is 17.6 Å². The van der Waals surface area contributed by atoms with Crippen LogP contribution < -0.4 is 5.32 Å². The Kier molecular flexibility index (Phi) is 6.70. The summed E-state index contributed by atoms with van der Waals surface area (Å²) in [5.41, 5.74) is 0. The quantitative estimate of drug-likeness (QED) is 0.767. The molecule has 0 aromatic heterocycles. The van der Waals surface area contributed by atoms with Crippen molar-refractivity contribution in [1.82, 2.24) is 5.32 Å². The molecule has 0 saturated heterocycles. The molecular weight excluding hydrogens is 234 g/mol. The minimum Gasteiger partial charge on any atom is -0.317 e. The normalized spacial score (nSPS) is 15.2. The fraction of sp³-hybridized carbons (Fsp3) is 1.00. The van der Waals surface area contributed by atoms with E-state index in [1.807, 2.05) is 0 Å². The van der Waals surface area contributed by atoms with E-state index >= 15 is 0 Å². The maximum absolute atomic E-state index is 12.0. The molecule has 0 heterocycles. The van der Waals surface area contributed by atoms with Gasteiger partial charge < -0.3 is 5.32 Å². The lowest BCUT2D eigenvalue weighted by atomic mass is 9.93. The highest BCUT2D eigenvalue weighted by Crippen LogP contribution is 2.21. The standard InChI is InChI=1S/C13H29NO2S/c1-7-14-10-12(11(2)3)8-9-17(15,16)13(4,5)6/h11-12,14H,7-10H2,1-6H3. The second-order valence-corrected chi connectivity index (χ2v) is 8.89. The van der Waals surface area contributed by atoms with E-state index in [4.69, 9.17) is 0 Å². The van der Waals surface area contributed by atoms with Crippen LogP contribution in [0.3, 0.4) is 0 Å². The van der Waals surface area contributed by atoms with Gasteiger partial charge in [-0.2, -0.15) is 0 Å². The minimum absolute atomic E-state index is 0.296. The molecule has 0 aliphatic rings. The maximum Gasteiger partial charge on any atom is 0.155 e. The van der Waals surface area contributed by atoms with Crippen LogP contribution in [-0.4, -0.2) is 32.0 Å². The second kappa shape index (κ2) is 6.74. The van der Waals surface area contributed by atoms with Crippen molar-refractivity contribution >= 4 is 9.84 Å². The van der Waals surface area contributed by atoms with Crippen LogP contribution in [0, 0.1) is 11.8 Å². The van der Waals surface area contributed by atoms with Crippen LogP contribution in [0.2, 0.25) is 0 Å². The summed E-state index contributed by atoms with van der Waals surface area (Å²) in [6.45, 7) is 13.6. The largest absolute Gasteiger partial charge is 0.317 e. The third-order valence-corrected chi connectivity index (χ3v) is 5.93. The van der Waals surface area contributed by atoms with Gasteiger partial charge in [0.1, 0.15) is 0 Å². The lowest BCUT2D eigenvalue weighted by molar-refractivity contribution is 0.355. The smallest absolute Gasteiger partial charge is 0.155 e. The van der Waals surface area contributed by atoms with Crippen LogP contribution in [0.5, 0.6) is 0 Å². The summed E-state index contributed by atoms with van der Waals surface area (Å²) in [6.07, 6.45) is 0.754. The molecule has 1 N–H and O–H groups in total. The van der Waals surface area contributed by atoms with Gasteiger partial charge in [0.05, 0.1) is 10.5 Å². The van der Waals surface area contributed by atoms with Crippen LogP contribution in [0.1, 0.15) is 48.0 Å². The lowest BCUT2D eigenvalue weighted by Crippen LogP contribution is -2.33. The number of hydrogen-bond acceptors (Lipinski definition) is 3. The third-order valence-electron chi connectivity index (χ3n) is 3.29. The summed E-state index contributed by atoms with van der Waals surface area (Å²) in [7, 11) is -2.98. The molecule has 0 bridgehead atoms. The highest BCUT2D eigenvalue weighted by atomic mass is 32.2. The molecular formula is C13H29NO2S. The molecule has 0 aliphatic carbocycles. The molecule has 0 aliphatic heterocycles. The van der Waals surface area contributed by atoms with E-state index in [9.17, 15) is 8.42 Å². The maximum atomic E-state index is 12.0. The van der Waals surface area contributed by atoms with Crippen molar-refractivity contribution < 1.29 is 8.42 Å². The molecule has 1 atom stereocenters. The summed E-state index contributed by atoms with van der Waals surface area (Å²) in [6, 6.07) is 0. The Morgan fingerprint density at radius 3 is 2.06 bits per heavy atom. The highest BCUT2D eigenvalue weighted by molar-refractivity contribution is 7.92. The van der Waals surface area contributed by atoms with Crippen molar-refractivity contribution in [1.29, 1.82) is 0 Å². The van der Waals surface area contributed by atoms with Crippen LogP contribution in [0.25, 0.3) is 0 Å². The van der Waals surface area contributed by atoms with Crippen molar-refractivity contribution in [2.45, 2.75) is 52.7 Å². The molecule has 104 valence electrons. The first-order valence-corrected chi connectivity index (χ1v) is 8.20. The molecule has 0 aromatic carbocycles. The van der Waals surface area contributed by atoms with E-state index < -0.39 is 14.6 Å². The third kappa shape index (κ3) is 5.87. The Morgan fingerprint density at radius 2 is 1.71 bits per heavy atom. The minimum atomic E-state index is -2.98. The highest BCUT2D eigenvalue weighted by Gasteiger charge is 2.29. The summed E-state index contributed by atoms with van der Waals surface area (Å²) >= 11 is 0. The number of nitrogens with one attached hydrogen (secondary N) is 1. The molecule has 0 radical (unpaired) electrons. The molecule has 0 spiro atoms. The lowest BCUT2D eigenvalue weighted by Gasteiger charge is -2.24. The fourth-order valence-corrected chi connectivity index (χ4v) is 2.84. The van der Waals surface area contributed by atoms with Gasteiger partial charge in [0.15, 0.2) is 9.84 Å². The average Bonchev–Trinajstić information content (AvgIpc) is 2.15. The zero-order valence-electron chi connectivity index (χ0n) is 12.2. The second-order valence-electron chi connectivity index (χ2n) is 6.03. The van der Waals surface area contributed by atoms with E-state index in [2.05, 4.69) is 26.1 Å². The van der Waals surface area contributed by atoms with Gasteiger partial charge in [-0.1, -0.05) is 20.8 Å². The monoisotopic (exact) mass is 263 g/mol.